The predicted octanol–water partition coefficient (Wildman–Crippen LogP) is 2.06. The minimum absolute atomic E-state index is 0.0723. The molecular weight excluding hydrogens is 258 g/mol. The van der Waals surface area contributed by atoms with Gasteiger partial charge in [-0.1, -0.05) is 0 Å². The number of carboxylic acid groups (broad SMARTS) is 1. The van der Waals surface area contributed by atoms with Crippen LogP contribution in [0.2, 0.25) is 0 Å². The minimum atomic E-state index is -0.997. The molecule has 0 heterocycles. The fourth-order valence-electron chi connectivity index (χ4n) is 2.50. The van der Waals surface area contributed by atoms with Crippen LogP contribution in [0, 0.1) is 11.8 Å². The molecule has 1 saturated carbocycles. The van der Waals surface area contributed by atoms with Crippen LogP contribution in [0.4, 0.5) is 0 Å². The van der Waals surface area contributed by atoms with Gasteiger partial charge in [-0.25, -0.2) is 4.79 Å². The molecule has 3 N–H and O–H groups in total. The van der Waals surface area contributed by atoms with Gasteiger partial charge in [-0.05, 0) is 62.4 Å². The van der Waals surface area contributed by atoms with Gasteiger partial charge in [-0.15, -0.1) is 0 Å². The summed E-state index contributed by atoms with van der Waals surface area (Å²) in [6, 6.07) is 5.87. The van der Waals surface area contributed by atoms with Gasteiger partial charge >= 0.3 is 11.9 Å². The van der Waals surface area contributed by atoms with Crippen molar-refractivity contribution in [2.45, 2.75) is 25.7 Å². The standard InChI is InChI=1S/C15H19NO4/c16-9-10-1-3-12(4-2-10)15(19)20-13-7-5-11(6-8-13)14(17)18/h5-8,10,12H,1-4,9,16H2,(H,17,18). The SMILES string of the molecule is NCC1CCC(C(=O)Oc2ccc(C(=O)O)cc2)CC1. The molecule has 0 unspecified atom stereocenters. The summed E-state index contributed by atoms with van der Waals surface area (Å²) in [5.74, 6) is -0.390. The average molecular weight is 277 g/mol. The zero-order valence-electron chi connectivity index (χ0n) is 11.2. The maximum Gasteiger partial charge on any atom is 0.335 e. The van der Waals surface area contributed by atoms with Gasteiger partial charge in [-0.2, -0.15) is 0 Å². The molecule has 20 heavy (non-hydrogen) atoms. The van der Waals surface area contributed by atoms with Crippen LogP contribution in [0.15, 0.2) is 24.3 Å². The molecule has 0 bridgehead atoms. The van der Waals surface area contributed by atoms with Crippen molar-refractivity contribution in [1.29, 1.82) is 0 Å². The van der Waals surface area contributed by atoms with E-state index in [9.17, 15) is 9.59 Å². The number of hydrogen-bond donors (Lipinski definition) is 2. The average Bonchev–Trinajstić information content (AvgIpc) is 2.48. The van der Waals surface area contributed by atoms with E-state index < -0.39 is 5.97 Å². The molecule has 1 aliphatic carbocycles. The zero-order chi connectivity index (χ0) is 14.5. The smallest absolute Gasteiger partial charge is 0.335 e. The van der Waals surface area contributed by atoms with Crippen LogP contribution < -0.4 is 10.5 Å². The van der Waals surface area contributed by atoms with E-state index in [1.165, 1.54) is 24.3 Å². The number of esters is 1. The van der Waals surface area contributed by atoms with Crippen molar-refractivity contribution >= 4 is 11.9 Å². The molecule has 5 nitrogen and oxygen atoms in total. The zero-order valence-corrected chi connectivity index (χ0v) is 11.2. The van der Waals surface area contributed by atoms with E-state index in [0.717, 1.165) is 25.7 Å². The van der Waals surface area contributed by atoms with Gasteiger partial charge < -0.3 is 15.6 Å². The van der Waals surface area contributed by atoms with Crippen LogP contribution in [0.25, 0.3) is 0 Å². The third-order valence-corrected chi connectivity index (χ3v) is 3.83. The largest absolute Gasteiger partial charge is 0.478 e. The summed E-state index contributed by atoms with van der Waals surface area (Å²) >= 11 is 0. The normalized spacial score (nSPS) is 22.2. The number of nitrogens with two attached hydrogens (primary N) is 1. The number of benzene rings is 1. The Morgan fingerprint density at radius 2 is 1.75 bits per heavy atom. The van der Waals surface area contributed by atoms with E-state index in [2.05, 4.69) is 0 Å². The van der Waals surface area contributed by atoms with E-state index in [-0.39, 0.29) is 17.5 Å². The van der Waals surface area contributed by atoms with Crippen LogP contribution in [-0.4, -0.2) is 23.6 Å². The lowest BCUT2D eigenvalue weighted by molar-refractivity contribution is -0.140. The first-order chi connectivity index (χ1) is 9.60. The molecule has 0 atom stereocenters. The summed E-state index contributed by atoms with van der Waals surface area (Å²) in [5.41, 5.74) is 5.80. The minimum Gasteiger partial charge on any atom is -0.478 e. The summed E-state index contributed by atoms with van der Waals surface area (Å²) < 4.78 is 5.29. The fraction of sp³-hybridized carbons (Fsp3) is 0.467. The van der Waals surface area contributed by atoms with E-state index in [0.29, 0.717) is 18.2 Å². The number of carbonyl (C=O) groups is 2. The Morgan fingerprint density at radius 1 is 1.15 bits per heavy atom. The summed E-state index contributed by atoms with van der Waals surface area (Å²) in [7, 11) is 0. The quantitative estimate of drug-likeness (QED) is 0.649. The molecule has 0 saturated heterocycles. The maximum atomic E-state index is 12.0. The second-order valence-corrected chi connectivity index (χ2v) is 5.20. The van der Waals surface area contributed by atoms with Gasteiger partial charge in [0.1, 0.15) is 5.75 Å². The first-order valence-electron chi connectivity index (χ1n) is 6.85. The lowest BCUT2D eigenvalue weighted by atomic mass is 9.82. The summed E-state index contributed by atoms with van der Waals surface area (Å²) in [6.07, 6.45) is 3.56. The second kappa shape index (κ2) is 6.52. The van der Waals surface area contributed by atoms with Crippen molar-refractivity contribution in [1.82, 2.24) is 0 Å². The Hall–Kier alpha value is -1.88. The number of carbonyl (C=O) groups excluding carboxylic acids is 1. The van der Waals surface area contributed by atoms with Gasteiger partial charge in [0.05, 0.1) is 11.5 Å². The highest BCUT2D eigenvalue weighted by molar-refractivity contribution is 5.87. The lowest BCUT2D eigenvalue weighted by Gasteiger charge is -2.26. The third kappa shape index (κ3) is 3.57. The Balaban J connectivity index is 1.90. The van der Waals surface area contributed by atoms with Crippen molar-refractivity contribution in [3.05, 3.63) is 29.8 Å². The third-order valence-electron chi connectivity index (χ3n) is 3.83. The van der Waals surface area contributed by atoms with Crippen molar-refractivity contribution in [3.8, 4) is 5.75 Å². The number of aromatic carboxylic acids is 1. The first-order valence-corrected chi connectivity index (χ1v) is 6.85. The molecule has 0 aromatic heterocycles. The molecule has 0 spiro atoms. The molecule has 1 fully saturated rings. The van der Waals surface area contributed by atoms with Crippen LogP contribution in [0.1, 0.15) is 36.0 Å². The molecule has 1 aromatic rings. The predicted molar refractivity (Wildman–Crippen MR) is 73.5 cm³/mol. The molecule has 0 radical (unpaired) electrons. The number of rotatable bonds is 4. The van der Waals surface area contributed by atoms with Gasteiger partial charge in [0.15, 0.2) is 0 Å². The Bertz CT molecular complexity index is 475. The van der Waals surface area contributed by atoms with Gasteiger partial charge in [0.2, 0.25) is 0 Å². The Labute approximate surface area is 117 Å². The van der Waals surface area contributed by atoms with Crippen LogP contribution in [-0.2, 0) is 4.79 Å². The molecule has 108 valence electrons. The van der Waals surface area contributed by atoms with Crippen LogP contribution in [0.3, 0.4) is 0 Å². The summed E-state index contributed by atoms with van der Waals surface area (Å²) in [5, 5.41) is 8.79. The second-order valence-electron chi connectivity index (χ2n) is 5.20. The summed E-state index contributed by atoms with van der Waals surface area (Å²) in [4.78, 5) is 22.7. The van der Waals surface area contributed by atoms with Crippen LogP contribution in [0.5, 0.6) is 5.75 Å². The molecule has 1 aromatic carbocycles. The highest BCUT2D eigenvalue weighted by Crippen LogP contribution is 2.29. The highest BCUT2D eigenvalue weighted by Gasteiger charge is 2.27. The van der Waals surface area contributed by atoms with Crippen LogP contribution >= 0.6 is 0 Å². The highest BCUT2D eigenvalue weighted by atomic mass is 16.5. The lowest BCUT2D eigenvalue weighted by Crippen LogP contribution is -2.28. The number of ether oxygens (including phenoxy) is 1. The maximum absolute atomic E-state index is 12.0. The van der Waals surface area contributed by atoms with Crippen molar-refractivity contribution < 1.29 is 19.4 Å². The monoisotopic (exact) mass is 277 g/mol. The van der Waals surface area contributed by atoms with E-state index in [1.807, 2.05) is 0 Å². The van der Waals surface area contributed by atoms with Gasteiger partial charge in [0, 0.05) is 0 Å². The molecule has 5 heteroatoms. The summed E-state index contributed by atoms with van der Waals surface area (Å²) in [6.45, 7) is 0.679. The van der Waals surface area contributed by atoms with E-state index in [4.69, 9.17) is 15.6 Å². The molecule has 0 aliphatic heterocycles. The van der Waals surface area contributed by atoms with Gasteiger partial charge in [-0.3, -0.25) is 4.79 Å². The first kappa shape index (κ1) is 14.5. The van der Waals surface area contributed by atoms with Crippen molar-refractivity contribution in [2.75, 3.05) is 6.54 Å². The van der Waals surface area contributed by atoms with Gasteiger partial charge in [0.25, 0.3) is 0 Å². The van der Waals surface area contributed by atoms with Crippen molar-refractivity contribution in [3.63, 3.8) is 0 Å². The molecular formula is C15H19NO4. The molecule has 1 aliphatic rings. The van der Waals surface area contributed by atoms with E-state index in [1.54, 1.807) is 0 Å². The Kier molecular flexibility index (Phi) is 4.74. The van der Waals surface area contributed by atoms with E-state index >= 15 is 0 Å². The molecule has 2 rings (SSSR count). The number of hydrogen-bond acceptors (Lipinski definition) is 4. The van der Waals surface area contributed by atoms with Crippen molar-refractivity contribution in [2.24, 2.45) is 17.6 Å². The molecule has 0 amide bonds. The number of carboxylic acids is 1. The topological polar surface area (TPSA) is 89.6 Å². The Morgan fingerprint density at radius 3 is 2.25 bits per heavy atom. The fourth-order valence-corrected chi connectivity index (χ4v) is 2.50.